The Balaban J connectivity index is 3.23. The minimum absolute atomic E-state index is 0.132. The molecule has 0 aliphatic rings. The summed E-state index contributed by atoms with van der Waals surface area (Å²) in [6, 6.07) is 11.2. The first-order valence-electron chi connectivity index (χ1n) is 7.71. The maximum absolute atomic E-state index is 5.95. The lowest BCUT2D eigenvalue weighted by molar-refractivity contribution is 0.191. The van der Waals surface area contributed by atoms with Gasteiger partial charge in [-0.3, -0.25) is 11.3 Å². The maximum atomic E-state index is 5.95. The highest BCUT2D eigenvalue weighted by Gasteiger charge is 2.39. The van der Waals surface area contributed by atoms with E-state index >= 15 is 0 Å². The van der Waals surface area contributed by atoms with E-state index in [1.807, 2.05) is 0 Å². The van der Waals surface area contributed by atoms with E-state index in [9.17, 15) is 0 Å². The molecule has 1 aromatic rings. The molecule has 1 unspecified atom stereocenters. The van der Waals surface area contributed by atoms with Crippen molar-refractivity contribution in [1.29, 1.82) is 0 Å². The Morgan fingerprint density at radius 2 is 1.53 bits per heavy atom. The molecule has 0 bridgehead atoms. The average molecular weight is 262 g/mol. The van der Waals surface area contributed by atoms with Gasteiger partial charge >= 0.3 is 0 Å². The van der Waals surface area contributed by atoms with Gasteiger partial charge in [-0.25, -0.2) is 0 Å². The topological polar surface area (TPSA) is 38.0 Å². The van der Waals surface area contributed by atoms with Crippen molar-refractivity contribution in [3.05, 3.63) is 35.9 Å². The molecule has 2 nitrogen and oxygen atoms in total. The van der Waals surface area contributed by atoms with Crippen molar-refractivity contribution in [3.63, 3.8) is 0 Å². The Kier molecular flexibility index (Phi) is 6.53. The second kappa shape index (κ2) is 7.66. The van der Waals surface area contributed by atoms with Gasteiger partial charge in [0.2, 0.25) is 0 Å². The Bertz CT molecular complexity index is 340. The Morgan fingerprint density at radius 3 is 1.89 bits per heavy atom. The Hall–Kier alpha value is -0.860. The first-order chi connectivity index (χ1) is 9.19. The van der Waals surface area contributed by atoms with Crippen molar-refractivity contribution in [3.8, 4) is 0 Å². The smallest absolute Gasteiger partial charge is 0.0335 e. The molecule has 0 radical (unpaired) electrons. The fourth-order valence-corrected chi connectivity index (χ4v) is 3.55. The van der Waals surface area contributed by atoms with E-state index < -0.39 is 0 Å². The molecule has 108 valence electrons. The Labute approximate surface area is 118 Å². The minimum atomic E-state index is 0.132. The summed E-state index contributed by atoms with van der Waals surface area (Å²) in [7, 11) is 0. The summed E-state index contributed by atoms with van der Waals surface area (Å²) in [5, 5.41) is 0. The average Bonchev–Trinajstić information content (AvgIpc) is 2.49. The zero-order chi connectivity index (χ0) is 14.3. The highest BCUT2D eigenvalue weighted by atomic mass is 15.2. The summed E-state index contributed by atoms with van der Waals surface area (Å²) in [6.07, 6.45) is 4.55. The molecule has 0 aliphatic carbocycles. The zero-order valence-corrected chi connectivity index (χ0v) is 12.9. The molecule has 0 spiro atoms. The lowest BCUT2D eigenvalue weighted by atomic mass is 9.65. The SMILES string of the molecule is CCC(CC)C(NN)C(CC)(CC)c1ccccc1. The van der Waals surface area contributed by atoms with E-state index in [1.54, 1.807) is 0 Å². The van der Waals surface area contributed by atoms with E-state index in [-0.39, 0.29) is 5.41 Å². The monoisotopic (exact) mass is 262 g/mol. The fourth-order valence-electron chi connectivity index (χ4n) is 3.55. The van der Waals surface area contributed by atoms with Crippen LogP contribution in [0.4, 0.5) is 0 Å². The van der Waals surface area contributed by atoms with Crippen molar-refractivity contribution in [2.45, 2.75) is 64.8 Å². The van der Waals surface area contributed by atoms with Crippen LogP contribution in [0.2, 0.25) is 0 Å². The van der Waals surface area contributed by atoms with Gasteiger partial charge in [0, 0.05) is 11.5 Å². The number of rotatable bonds is 8. The van der Waals surface area contributed by atoms with Gasteiger partial charge in [0.05, 0.1) is 0 Å². The van der Waals surface area contributed by atoms with Gasteiger partial charge in [-0.15, -0.1) is 0 Å². The van der Waals surface area contributed by atoms with Crippen molar-refractivity contribution >= 4 is 0 Å². The lowest BCUT2D eigenvalue weighted by Crippen LogP contribution is -2.54. The number of nitrogens with one attached hydrogen (secondary N) is 1. The first-order valence-corrected chi connectivity index (χ1v) is 7.71. The lowest BCUT2D eigenvalue weighted by Gasteiger charge is -2.43. The summed E-state index contributed by atoms with van der Waals surface area (Å²) in [5.41, 5.74) is 4.69. The van der Waals surface area contributed by atoms with Crippen LogP contribution in [0.25, 0.3) is 0 Å². The third kappa shape index (κ3) is 3.18. The second-order valence-corrected chi connectivity index (χ2v) is 5.45. The number of hydrazine groups is 1. The predicted octanol–water partition coefficient (Wildman–Crippen LogP) is 4.01. The fraction of sp³-hybridized carbons (Fsp3) is 0.647. The summed E-state index contributed by atoms with van der Waals surface area (Å²) >= 11 is 0. The van der Waals surface area contributed by atoms with Gasteiger partial charge in [-0.1, -0.05) is 70.9 Å². The molecule has 0 fully saturated rings. The van der Waals surface area contributed by atoms with Crippen molar-refractivity contribution in [2.75, 3.05) is 0 Å². The van der Waals surface area contributed by atoms with Gasteiger partial charge in [-0.05, 0) is 24.3 Å². The van der Waals surface area contributed by atoms with Crippen molar-refractivity contribution < 1.29 is 0 Å². The van der Waals surface area contributed by atoms with E-state index in [0.717, 1.165) is 12.8 Å². The summed E-state index contributed by atoms with van der Waals surface area (Å²) in [6.45, 7) is 9.09. The van der Waals surface area contributed by atoms with Crippen LogP contribution in [0.5, 0.6) is 0 Å². The van der Waals surface area contributed by atoms with Crippen LogP contribution >= 0.6 is 0 Å². The highest BCUT2D eigenvalue weighted by molar-refractivity contribution is 5.28. The van der Waals surface area contributed by atoms with Crippen molar-refractivity contribution in [1.82, 2.24) is 5.43 Å². The number of hydrogen-bond donors (Lipinski definition) is 2. The number of hydrogen-bond acceptors (Lipinski definition) is 2. The molecular formula is C17H30N2. The third-order valence-corrected chi connectivity index (χ3v) is 4.91. The molecule has 0 heterocycles. The predicted molar refractivity (Wildman–Crippen MR) is 83.9 cm³/mol. The van der Waals surface area contributed by atoms with Gasteiger partial charge < -0.3 is 0 Å². The van der Waals surface area contributed by atoms with E-state index in [0.29, 0.717) is 12.0 Å². The van der Waals surface area contributed by atoms with Gasteiger partial charge in [0.25, 0.3) is 0 Å². The number of nitrogens with two attached hydrogens (primary N) is 1. The van der Waals surface area contributed by atoms with E-state index in [4.69, 9.17) is 5.84 Å². The molecule has 0 aliphatic heterocycles. The molecule has 0 saturated heterocycles. The van der Waals surface area contributed by atoms with Crippen LogP contribution < -0.4 is 11.3 Å². The molecule has 0 saturated carbocycles. The van der Waals surface area contributed by atoms with Crippen LogP contribution in [-0.4, -0.2) is 6.04 Å². The molecular weight excluding hydrogens is 232 g/mol. The number of benzene rings is 1. The summed E-state index contributed by atoms with van der Waals surface area (Å²) in [4.78, 5) is 0. The van der Waals surface area contributed by atoms with Crippen LogP contribution in [-0.2, 0) is 5.41 Å². The molecule has 1 aromatic carbocycles. The molecule has 3 N–H and O–H groups in total. The minimum Gasteiger partial charge on any atom is -0.271 e. The van der Waals surface area contributed by atoms with Crippen LogP contribution in [0.15, 0.2) is 30.3 Å². The molecule has 0 amide bonds. The quantitative estimate of drug-likeness (QED) is 0.548. The maximum Gasteiger partial charge on any atom is 0.0335 e. The van der Waals surface area contributed by atoms with Crippen LogP contribution in [0.1, 0.15) is 58.9 Å². The van der Waals surface area contributed by atoms with Crippen LogP contribution in [0.3, 0.4) is 0 Å². The largest absolute Gasteiger partial charge is 0.271 e. The summed E-state index contributed by atoms with van der Waals surface area (Å²) < 4.78 is 0. The second-order valence-electron chi connectivity index (χ2n) is 5.45. The third-order valence-electron chi connectivity index (χ3n) is 4.91. The molecule has 19 heavy (non-hydrogen) atoms. The van der Waals surface area contributed by atoms with Crippen LogP contribution in [0, 0.1) is 5.92 Å². The standard InChI is InChI=1S/C17H30N2/c1-5-14(6-2)16(19-18)17(7-3,8-4)15-12-10-9-11-13-15/h9-14,16,19H,5-8,18H2,1-4H3. The Morgan fingerprint density at radius 1 is 1.00 bits per heavy atom. The summed E-state index contributed by atoms with van der Waals surface area (Å²) in [5.74, 6) is 6.57. The molecule has 2 heteroatoms. The normalized spacial score (nSPS) is 13.8. The van der Waals surface area contributed by atoms with Gasteiger partial charge in [0.15, 0.2) is 0 Å². The zero-order valence-electron chi connectivity index (χ0n) is 12.9. The van der Waals surface area contributed by atoms with Gasteiger partial charge in [-0.2, -0.15) is 0 Å². The molecule has 1 rings (SSSR count). The highest BCUT2D eigenvalue weighted by Crippen LogP contribution is 2.39. The van der Waals surface area contributed by atoms with E-state index in [2.05, 4.69) is 63.5 Å². The van der Waals surface area contributed by atoms with Crippen molar-refractivity contribution in [2.24, 2.45) is 11.8 Å². The molecule has 1 atom stereocenters. The van der Waals surface area contributed by atoms with Gasteiger partial charge in [0.1, 0.15) is 0 Å². The van der Waals surface area contributed by atoms with E-state index in [1.165, 1.54) is 18.4 Å². The molecule has 0 aromatic heterocycles. The first kappa shape index (κ1) is 16.2.